The highest BCUT2D eigenvalue weighted by Crippen LogP contribution is 2.34. The van der Waals surface area contributed by atoms with E-state index in [1.54, 1.807) is 17.3 Å². The molecule has 146 valence electrons. The summed E-state index contributed by atoms with van der Waals surface area (Å²) in [6.07, 6.45) is 2.80. The van der Waals surface area contributed by atoms with Gasteiger partial charge in [0.25, 0.3) is 0 Å². The van der Waals surface area contributed by atoms with Gasteiger partial charge in [-0.25, -0.2) is 9.18 Å². The molecule has 8 heteroatoms. The minimum Gasteiger partial charge on any atom is -0.444 e. The molecule has 2 aromatic rings. The molecule has 0 radical (unpaired) electrons. The Balaban J connectivity index is 1.92. The van der Waals surface area contributed by atoms with Gasteiger partial charge in [-0.2, -0.15) is 0 Å². The van der Waals surface area contributed by atoms with E-state index in [-0.39, 0.29) is 24.0 Å². The molecule has 1 aliphatic heterocycles. The molecule has 1 aromatic heterocycles. The zero-order valence-electron chi connectivity index (χ0n) is 16.2. The van der Waals surface area contributed by atoms with Crippen molar-refractivity contribution in [3.8, 4) is 0 Å². The van der Waals surface area contributed by atoms with E-state index in [9.17, 15) is 9.18 Å². The van der Waals surface area contributed by atoms with E-state index in [2.05, 4.69) is 25.9 Å². The molecule has 0 bridgehead atoms. The van der Waals surface area contributed by atoms with Gasteiger partial charge in [0.1, 0.15) is 28.1 Å². The van der Waals surface area contributed by atoms with Crippen LogP contribution in [0.4, 0.5) is 14.9 Å². The molecular formula is C19H24BrFN4O2. The first-order valence-corrected chi connectivity index (χ1v) is 9.72. The number of nitrogens with zero attached hydrogens (tertiary/aromatic N) is 4. The molecule has 0 saturated carbocycles. The maximum absolute atomic E-state index is 14.9. The van der Waals surface area contributed by atoms with Crippen LogP contribution in [0.2, 0.25) is 0 Å². The van der Waals surface area contributed by atoms with Crippen LogP contribution in [-0.2, 0) is 4.74 Å². The van der Waals surface area contributed by atoms with Crippen molar-refractivity contribution in [2.75, 3.05) is 18.0 Å². The molecule has 0 spiro atoms. The Morgan fingerprint density at radius 3 is 2.30 bits per heavy atom. The highest BCUT2D eigenvalue weighted by molar-refractivity contribution is 9.10. The Kier molecular flexibility index (Phi) is 5.29. The molecular weight excluding hydrogens is 415 g/mol. The van der Waals surface area contributed by atoms with E-state index in [4.69, 9.17) is 4.74 Å². The van der Waals surface area contributed by atoms with Crippen molar-refractivity contribution in [3.63, 3.8) is 0 Å². The quantitative estimate of drug-likeness (QED) is 0.661. The molecule has 0 N–H and O–H groups in total. The summed E-state index contributed by atoms with van der Waals surface area (Å²) in [4.78, 5) is 24.9. The van der Waals surface area contributed by atoms with E-state index < -0.39 is 5.60 Å². The number of ether oxygens (including phenoxy) is 1. The molecule has 1 amide bonds. The summed E-state index contributed by atoms with van der Waals surface area (Å²) in [5.41, 5.74) is 0.985. The standard InChI is InChI=1S/C19H24BrFN4O2/c1-11-9-24(10-12(2)25(11)18(26)27-19(3,4)5)17-14(21)8-13(20)15-16(17)23-7-6-22-15/h6-8,11-12H,9-10H2,1-5H3/t11-,12+. The van der Waals surface area contributed by atoms with E-state index in [0.29, 0.717) is 34.3 Å². The molecule has 0 aliphatic carbocycles. The third kappa shape index (κ3) is 4.00. The smallest absolute Gasteiger partial charge is 0.410 e. The van der Waals surface area contributed by atoms with Crippen molar-refractivity contribution >= 4 is 38.7 Å². The van der Waals surface area contributed by atoms with Crippen LogP contribution in [-0.4, -0.2) is 51.7 Å². The number of rotatable bonds is 1. The van der Waals surface area contributed by atoms with Gasteiger partial charge in [-0.1, -0.05) is 0 Å². The third-order valence-corrected chi connectivity index (χ3v) is 5.07. The molecule has 2 atom stereocenters. The third-order valence-electron chi connectivity index (χ3n) is 4.47. The minimum atomic E-state index is -0.558. The van der Waals surface area contributed by atoms with E-state index >= 15 is 0 Å². The Hall–Kier alpha value is -1.96. The predicted molar refractivity (Wildman–Crippen MR) is 106 cm³/mol. The molecule has 1 saturated heterocycles. The number of carbonyl (C=O) groups is 1. The summed E-state index contributed by atoms with van der Waals surface area (Å²) in [6, 6.07) is 1.14. The molecule has 6 nitrogen and oxygen atoms in total. The van der Waals surface area contributed by atoms with Crippen LogP contribution in [0.3, 0.4) is 0 Å². The van der Waals surface area contributed by atoms with Crippen molar-refractivity contribution in [2.45, 2.75) is 52.3 Å². The second kappa shape index (κ2) is 7.22. The summed E-state index contributed by atoms with van der Waals surface area (Å²) in [7, 11) is 0. The Morgan fingerprint density at radius 2 is 1.74 bits per heavy atom. The van der Waals surface area contributed by atoms with Crippen LogP contribution in [0.5, 0.6) is 0 Å². The summed E-state index contributed by atoms with van der Waals surface area (Å²) in [5, 5.41) is 0. The molecule has 1 aliphatic rings. The first-order valence-electron chi connectivity index (χ1n) is 8.93. The van der Waals surface area contributed by atoms with Gasteiger partial charge >= 0.3 is 6.09 Å². The second-order valence-corrected chi connectivity index (χ2v) is 8.79. The van der Waals surface area contributed by atoms with Crippen LogP contribution in [0.15, 0.2) is 22.9 Å². The Bertz CT molecular complexity index is 859. The SMILES string of the molecule is C[C@@H]1CN(c2c(F)cc(Br)c3nccnc23)C[C@H](C)N1C(=O)OC(C)(C)C. The average molecular weight is 439 g/mol. The van der Waals surface area contributed by atoms with Crippen LogP contribution < -0.4 is 4.90 Å². The lowest BCUT2D eigenvalue weighted by Crippen LogP contribution is -2.59. The molecule has 1 fully saturated rings. The Morgan fingerprint density at radius 1 is 1.19 bits per heavy atom. The fourth-order valence-electron chi connectivity index (χ4n) is 3.53. The molecule has 2 heterocycles. The fourth-order valence-corrected chi connectivity index (χ4v) is 4.02. The zero-order chi connectivity index (χ0) is 19.9. The van der Waals surface area contributed by atoms with Crippen molar-refractivity contribution in [1.29, 1.82) is 0 Å². The fraction of sp³-hybridized carbons (Fsp3) is 0.526. The van der Waals surface area contributed by atoms with Crippen molar-refractivity contribution in [3.05, 3.63) is 28.7 Å². The lowest BCUT2D eigenvalue weighted by atomic mass is 10.1. The molecule has 27 heavy (non-hydrogen) atoms. The Labute approximate surface area is 166 Å². The van der Waals surface area contributed by atoms with Gasteiger partial charge in [0.05, 0.1) is 12.1 Å². The predicted octanol–water partition coefficient (Wildman–Crippen LogP) is 4.37. The van der Waals surface area contributed by atoms with Gasteiger partial charge in [0.15, 0.2) is 0 Å². The van der Waals surface area contributed by atoms with E-state index in [1.165, 1.54) is 6.07 Å². The van der Waals surface area contributed by atoms with Crippen molar-refractivity contribution < 1.29 is 13.9 Å². The number of amides is 1. The average Bonchev–Trinajstić information content (AvgIpc) is 2.52. The maximum atomic E-state index is 14.9. The second-order valence-electron chi connectivity index (χ2n) is 7.93. The molecule has 0 unspecified atom stereocenters. The number of hydrogen-bond donors (Lipinski definition) is 0. The summed E-state index contributed by atoms with van der Waals surface area (Å²) in [6.45, 7) is 10.4. The summed E-state index contributed by atoms with van der Waals surface area (Å²) in [5.74, 6) is -0.361. The van der Waals surface area contributed by atoms with Gasteiger partial charge < -0.3 is 9.64 Å². The number of hydrogen-bond acceptors (Lipinski definition) is 5. The van der Waals surface area contributed by atoms with Gasteiger partial charge in [-0.05, 0) is 56.6 Å². The van der Waals surface area contributed by atoms with Crippen molar-refractivity contribution in [2.24, 2.45) is 0 Å². The lowest BCUT2D eigenvalue weighted by Gasteiger charge is -2.45. The van der Waals surface area contributed by atoms with Crippen LogP contribution in [0, 0.1) is 5.82 Å². The number of piperazine rings is 1. The number of fused-ring (bicyclic) bond motifs is 1. The first kappa shape index (κ1) is 19.8. The number of benzene rings is 1. The minimum absolute atomic E-state index is 0.140. The number of halogens is 2. The van der Waals surface area contributed by atoms with Gasteiger partial charge in [-0.15, -0.1) is 0 Å². The number of carbonyl (C=O) groups excluding carboxylic acids is 1. The highest BCUT2D eigenvalue weighted by atomic mass is 79.9. The van der Waals surface area contributed by atoms with Crippen molar-refractivity contribution in [1.82, 2.24) is 14.9 Å². The van der Waals surface area contributed by atoms with Gasteiger partial charge in [0.2, 0.25) is 0 Å². The zero-order valence-corrected chi connectivity index (χ0v) is 17.7. The highest BCUT2D eigenvalue weighted by Gasteiger charge is 2.37. The van der Waals surface area contributed by atoms with Crippen LogP contribution in [0.1, 0.15) is 34.6 Å². The van der Waals surface area contributed by atoms with E-state index in [1.807, 2.05) is 39.5 Å². The van der Waals surface area contributed by atoms with Gasteiger partial charge in [0, 0.05) is 30.0 Å². The molecule has 1 aromatic carbocycles. The van der Waals surface area contributed by atoms with Gasteiger partial charge in [-0.3, -0.25) is 14.9 Å². The topological polar surface area (TPSA) is 58.6 Å². The number of aromatic nitrogens is 2. The first-order chi connectivity index (χ1) is 12.6. The monoisotopic (exact) mass is 438 g/mol. The number of anilines is 1. The summed E-state index contributed by atoms with van der Waals surface area (Å²) < 4.78 is 21.0. The normalized spacial score (nSPS) is 20.9. The largest absolute Gasteiger partial charge is 0.444 e. The maximum Gasteiger partial charge on any atom is 0.410 e. The van der Waals surface area contributed by atoms with Crippen LogP contribution in [0.25, 0.3) is 11.0 Å². The lowest BCUT2D eigenvalue weighted by molar-refractivity contribution is 0.00565. The summed E-state index contributed by atoms with van der Waals surface area (Å²) >= 11 is 3.36. The van der Waals surface area contributed by atoms with E-state index in [0.717, 1.165) is 0 Å². The van der Waals surface area contributed by atoms with Crippen LogP contribution >= 0.6 is 15.9 Å². The molecule has 3 rings (SSSR count).